The third-order valence-corrected chi connectivity index (χ3v) is 4.97. The number of fused-ring (bicyclic) bond motifs is 1. The molecule has 0 saturated heterocycles. The molecule has 30 heavy (non-hydrogen) atoms. The summed E-state index contributed by atoms with van der Waals surface area (Å²) in [6, 6.07) is 6.22. The first-order chi connectivity index (χ1) is 14.3. The second-order valence-electron chi connectivity index (χ2n) is 7.17. The first-order valence-corrected chi connectivity index (χ1v) is 9.50. The third kappa shape index (κ3) is 3.63. The van der Waals surface area contributed by atoms with Gasteiger partial charge in [-0.05, 0) is 68.3 Å². The van der Waals surface area contributed by atoms with Crippen LogP contribution in [0.15, 0.2) is 24.3 Å². The number of aryl methyl sites for hydroxylation is 4. The summed E-state index contributed by atoms with van der Waals surface area (Å²) in [6.45, 7) is 7.50. The highest BCUT2D eigenvalue weighted by Crippen LogP contribution is 2.20. The molecule has 0 aliphatic heterocycles. The van der Waals surface area contributed by atoms with E-state index in [2.05, 4.69) is 30.9 Å². The van der Waals surface area contributed by atoms with Crippen molar-refractivity contribution in [2.45, 2.75) is 40.5 Å². The van der Waals surface area contributed by atoms with Gasteiger partial charge in [-0.15, -0.1) is 5.10 Å². The van der Waals surface area contributed by atoms with Crippen LogP contribution < -0.4 is 5.32 Å². The molecular formula is C20H21FN8O. The molecule has 154 valence electrons. The lowest BCUT2D eigenvalue weighted by Crippen LogP contribution is -2.15. The Morgan fingerprint density at radius 2 is 1.97 bits per heavy atom. The number of carbonyl (C=O) groups is 1. The molecule has 4 aromatic rings. The van der Waals surface area contributed by atoms with Crippen LogP contribution in [0.2, 0.25) is 0 Å². The van der Waals surface area contributed by atoms with Crippen LogP contribution in [0.25, 0.3) is 11.3 Å². The molecule has 4 rings (SSSR count). The fraction of sp³-hybridized carbons (Fsp3) is 0.300. The number of halogens is 1. The van der Waals surface area contributed by atoms with Crippen molar-refractivity contribution in [1.29, 1.82) is 0 Å². The lowest BCUT2D eigenvalue weighted by molar-refractivity contribution is -0.116. The number of rotatable bonds is 5. The van der Waals surface area contributed by atoms with Crippen LogP contribution in [0, 0.1) is 33.5 Å². The lowest BCUT2D eigenvalue weighted by Gasteiger charge is -2.12. The van der Waals surface area contributed by atoms with Crippen LogP contribution in [0.4, 0.5) is 10.1 Å². The molecule has 3 aromatic heterocycles. The van der Waals surface area contributed by atoms with Gasteiger partial charge in [0.1, 0.15) is 11.5 Å². The summed E-state index contributed by atoms with van der Waals surface area (Å²) < 4.78 is 17.3. The molecule has 0 saturated carbocycles. The van der Waals surface area contributed by atoms with E-state index < -0.39 is 5.82 Å². The number of hydrogen-bond acceptors (Lipinski definition) is 6. The third-order valence-electron chi connectivity index (χ3n) is 4.97. The van der Waals surface area contributed by atoms with Gasteiger partial charge in [0.2, 0.25) is 5.91 Å². The highest BCUT2D eigenvalue weighted by molar-refractivity contribution is 5.91. The number of amides is 1. The normalized spacial score (nSPS) is 11.2. The van der Waals surface area contributed by atoms with Gasteiger partial charge in [-0.2, -0.15) is 9.78 Å². The second kappa shape index (κ2) is 7.62. The van der Waals surface area contributed by atoms with Gasteiger partial charge in [-0.25, -0.2) is 13.9 Å². The minimum absolute atomic E-state index is 0.172. The maximum Gasteiger partial charge on any atom is 0.224 e. The number of anilines is 1. The van der Waals surface area contributed by atoms with Crippen molar-refractivity contribution < 1.29 is 9.18 Å². The van der Waals surface area contributed by atoms with Gasteiger partial charge in [0.15, 0.2) is 11.5 Å². The topological polar surface area (TPSA) is 103 Å². The Hall–Kier alpha value is -3.69. The van der Waals surface area contributed by atoms with Crippen molar-refractivity contribution in [3.63, 3.8) is 0 Å². The predicted octanol–water partition coefficient (Wildman–Crippen LogP) is 2.65. The summed E-state index contributed by atoms with van der Waals surface area (Å²) >= 11 is 0. The molecule has 0 fully saturated rings. The first kappa shape index (κ1) is 19.6. The molecule has 1 amide bonds. The molecule has 0 bridgehead atoms. The van der Waals surface area contributed by atoms with Crippen molar-refractivity contribution in [2.24, 2.45) is 0 Å². The number of nitrogens with one attached hydrogen (secondary N) is 1. The smallest absolute Gasteiger partial charge is 0.224 e. The second-order valence-corrected chi connectivity index (χ2v) is 7.17. The van der Waals surface area contributed by atoms with E-state index in [1.807, 2.05) is 26.8 Å². The Morgan fingerprint density at radius 3 is 2.70 bits per heavy atom. The monoisotopic (exact) mass is 408 g/mol. The molecular weight excluding hydrogens is 387 g/mol. The summed E-state index contributed by atoms with van der Waals surface area (Å²) in [5, 5.41) is 18.3. The maximum absolute atomic E-state index is 14.2. The van der Waals surface area contributed by atoms with Crippen molar-refractivity contribution in [3.8, 4) is 5.69 Å². The van der Waals surface area contributed by atoms with E-state index in [4.69, 9.17) is 0 Å². The van der Waals surface area contributed by atoms with E-state index in [9.17, 15) is 9.18 Å². The Bertz CT molecular complexity index is 1260. The van der Waals surface area contributed by atoms with Gasteiger partial charge in [0, 0.05) is 29.6 Å². The highest BCUT2D eigenvalue weighted by atomic mass is 19.1. The van der Waals surface area contributed by atoms with Crippen LogP contribution in [0.1, 0.15) is 34.9 Å². The number of benzene rings is 1. The Balaban J connectivity index is 1.50. The first-order valence-electron chi connectivity index (χ1n) is 9.50. The van der Waals surface area contributed by atoms with E-state index in [1.54, 1.807) is 11.4 Å². The number of nitrogens with zero attached hydrogens (tertiary/aromatic N) is 7. The molecule has 0 aliphatic carbocycles. The number of hydrogen-bond donors (Lipinski definition) is 1. The van der Waals surface area contributed by atoms with Gasteiger partial charge in [-0.3, -0.25) is 4.79 Å². The van der Waals surface area contributed by atoms with Crippen LogP contribution in [-0.2, 0) is 11.2 Å². The maximum atomic E-state index is 14.2. The summed E-state index contributed by atoms with van der Waals surface area (Å²) in [4.78, 5) is 17.1. The van der Waals surface area contributed by atoms with Gasteiger partial charge in [0.05, 0.1) is 5.69 Å². The fourth-order valence-corrected chi connectivity index (χ4v) is 3.47. The molecule has 0 unspecified atom stereocenters. The summed E-state index contributed by atoms with van der Waals surface area (Å²) in [7, 11) is 0. The van der Waals surface area contributed by atoms with Gasteiger partial charge < -0.3 is 5.32 Å². The van der Waals surface area contributed by atoms with Crippen LogP contribution in [0.3, 0.4) is 0 Å². The van der Waals surface area contributed by atoms with E-state index in [0.29, 0.717) is 17.9 Å². The van der Waals surface area contributed by atoms with E-state index in [1.165, 1.54) is 22.9 Å². The van der Waals surface area contributed by atoms with Crippen molar-refractivity contribution in [1.82, 2.24) is 34.8 Å². The van der Waals surface area contributed by atoms with Gasteiger partial charge in [0.25, 0.3) is 0 Å². The van der Waals surface area contributed by atoms with Crippen LogP contribution >= 0.6 is 0 Å². The van der Waals surface area contributed by atoms with Crippen molar-refractivity contribution in [2.75, 3.05) is 5.32 Å². The molecule has 0 aliphatic rings. The standard InChI is InChI=1S/C20H21FN8O/c1-11-9-19-22-12(2)16(13(3)28(19)25-11)6-8-20(30)23-15-5-7-17(21)18(10-15)29-14(4)24-26-27-29/h5,7,9-10H,6,8H2,1-4H3,(H,23,30). The van der Waals surface area contributed by atoms with Gasteiger partial charge >= 0.3 is 0 Å². The zero-order valence-corrected chi connectivity index (χ0v) is 17.1. The highest BCUT2D eigenvalue weighted by Gasteiger charge is 2.14. The Kier molecular flexibility index (Phi) is 4.98. The zero-order valence-electron chi connectivity index (χ0n) is 17.1. The van der Waals surface area contributed by atoms with E-state index in [0.717, 1.165) is 28.3 Å². The summed E-state index contributed by atoms with van der Waals surface area (Å²) in [5.41, 5.74) is 5.17. The van der Waals surface area contributed by atoms with E-state index >= 15 is 0 Å². The Labute approximate surface area is 171 Å². The number of aromatic nitrogens is 7. The lowest BCUT2D eigenvalue weighted by atomic mass is 10.1. The summed E-state index contributed by atoms with van der Waals surface area (Å²) in [6.07, 6.45) is 0.775. The minimum atomic E-state index is -0.483. The number of tetrazole rings is 1. The molecule has 3 heterocycles. The molecule has 9 nitrogen and oxygen atoms in total. The van der Waals surface area contributed by atoms with Crippen molar-refractivity contribution >= 4 is 17.2 Å². The van der Waals surface area contributed by atoms with Crippen LogP contribution in [-0.4, -0.2) is 40.7 Å². The molecule has 10 heteroatoms. The SMILES string of the molecule is Cc1cc2nc(C)c(CCC(=O)Nc3ccc(F)c(-n4nnnc4C)c3)c(C)n2n1. The largest absolute Gasteiger partial charge is 0.326 e. The predicted molar refractivity (Wildman–Crippen MR) is 108 cm³/mol. The van der Waals surface area contributed by atoms with E-state index in [-0.39, 0.29) is 18.0 Å². The average molecular weight is 408 g/mol. The molecule has 1 aromatic carbocycles. The quantitative estimate of drug-likeness (QED) is 0.545. The van der Waals surface area contributed by atoms with Crippen molar-refractivity contribution in [3.05, 3.63) is 58.6 Å². The molecule has 0 radical (unpaired) electrons. The summed E-state index contributed by atoms with van der Waals surface area (Å²) in [5.74, 6) is -0.222. The number of carbonyl (C=O) groups excluding carboxylic acids is 1. The molecule has 1 N–H and O–H groups in total. The molecule has 0 atom stereocenters. The van der Waals surface area contributed by atoms with Crippen LogP contribution in [0.5, 0.6) is 0 Å². The molecule has 0 spiro atoms. The van der Waals surface area contributed by atoms with Gasteiger partial charge in [-0.1, -0.05) is 0 Å². The zero-order chi connectivity index (χ0) is 21.4. The fourth-order valence-electron chi connectivity index (χ4n) is 3.47. The average Bonchev–Trinajstić information content (AvgIpc) is 3.28. The Morgan fingerprint density at radius 1 is 1.17 bits per heavy atom. The minimum Gasteiger partial charge on any atom is -0.326 e.